The van der Waals surface area contributed by atoms with Gasteiger partial charge in [0.2, 0.25) is 6.79 Å². The van der Waals surface area contributed by atoms with Crippen molar-refractivity contribution >= 4 is 15.9 Å². The predicted octanol–water partition coefficient (Wildman–Crippen LogP) is 1.34. The Bertz CT molecular complexity index is 353. The molecule has 1 aliphatic heterocycles. The van der Waals surface area contributed by atoms with Crippen LogP contribution in [-0.4, -0.2) is 11.9 Å². The number of fused-ring (bicyclic) bond motifs is 1. The number of hydrogen-bond donors (Lipinski definition) is 2. The Hall–Kier alpha value is -0.940. The largest absolute Gasteiger partial charge is 0.506 e. The molecule has 0 bridgehead atoms. The van der Waals surface area contributed by atoms with Crippen molar-refractivity contribution in [3.63, 3.8) is 0 Å². The predicted molar refractivity (Wildman–Crippen MR) is 49.8 cm³/mol. The van der Waals surface area contributed by atoms with E-state index in [1.807, 2.05) is 0 Å². The van der Waals surface area contributed by atoms with Crippen LogP contribution in [0.5, 0.6) is 17.2 Å². The summed E-state index contributed by atoms with van der Waals surface area (Å²) in [5.41, 5.74) is 6.07. The Kier molecular flexibility index (Phi) is 2.05. The molecule has 0 atom stereocenters. The number of rotatable bonds is 1. The molecular weight excluding hydrogens is 238 g/mol. The molecule has 0 fully saturated rings. The van der Waals surface area contributed by atoms with Crippen LogP contribution in [0.15, 0.2) is 10.5 Å². The highest BCUT2D eigenvalue weighted by Gasteiger charge is 2.21. The van der Waals surface area contributed by atoms with Crippen molar-refractivity contribution in [3.05, 3.63) is 16.1 Å². The van der Waals surface area contributed by atoms with Gasteiger partial charge >= 0.3 is 0 Å². The van der Waals surface area contributed by atoms with Gasteiger partial charge in [-0.1, -0.05) is 0 Å². The van der Waals surface area contributed by atoms with E-state index in [-0.39, 0.29) is 19.1 Å². The minimum Gasteiger partial charge on any atom is -0.506 e. The van der Waals surface area contributed by atoms with Crippen molar-refractivity contribution in [1.29, 1.82) is 0 Å². The van der Waals surface area contributed by atoms with E-state index in [4.69, 9.17) is 15.2 Å². The summed E-state index contributed by atoms with van der Waals surface area (Å²) in [6.45, 7) is 0.447. The van der Waals surface area contributed by atoms with Crippen LogP contribution in [0.4, 0.5) is 0 Å². The van der Waals surface area contributed by atoms with E-state index >= 15 is 0 Å². The third-order valence-corrected chi connectivity index (χ3v) is 2.61. The van der Waals surface area contributed by atoms with Gasteiger partial charge in [0, 0.05) is 12.1 Å². The van der Waals surface area contributed by atoms with Crippen LogP contribution in [0.25, 0.3) is 0 Å². The number of nitrogens with two attached hydrogens (primary N) is 1. The number of phenols is 1. The second kappa shape index (κ2) is 3.08. The quantitative estimate of drug-likeness (QED) is 0.784. The second-order valence-electron chi connectivity index (χ2n) is 2.64. The maximum atomic E-state index is 9.60. The number of halogens is 1. The molecule has 1 heterocycles. The van der Waals surface area contributed by atoms with Crippen LogP contribution in [0.2, 0.25) is 0 Å². The number of ether oxygens (including phenoxy) is 2. The van der Waals surface area contributed by atoms with Gasteiger partial charge < -0.3 is 20.3 Å². The third kappa shape index (κ3) is 1.24. The Labute approximate surface area is 83.4 Å². The summed E-state index contributed by atoms with van der Waals surface area (Å²) in [6, 6.07) is 1.68. The van der Waals surface area contributed by atoms with Crippen molar-refractivity contribution in [2.24, 2.45) is 5.73 Å². The SMILES string of the molecule is NCc1cc2c(c(Br)c1O)OCO2. The van der Waals surface area contributed by atoms with Gasteiger partial charge in [-0.05, 0) is 22.0 Å². The van der Waals surface area contributed by atoms with E-state index < -0.39 is 0 Å². The molecule has 2 rings (SSSR count). The number of phenolic OH excluding ortho intramolecular Hbond substituents is 1. The van der Waals surface area contributed by atoms with Crippen LogP contribution < -0.4 is 15.2 Å². The van der Waals surface area contributed by atoms with Gasteiger partial charge in [0.05, 0.1) is 0 Å². The summed E-state index contributed by atoms with van der Waals surface area (Å²) >= 11 is 3.21. The van der Waals surface area contributed by atoms with Gasteiger partial charge in [-0.2, -0.15) is 0 Å². The van der Waals surface area contributed by atoms with Crippen LogP contribution in [0.1, 0.15) is 5.56 Å². The molecule has 70 valence electrons. The van der Waals surface area contributed by atoms with Gasteiger partial charge in [0.15, 0.2) is 11.5 Å². The molecule has 0 radical (unpaired) electrons. The molecule has 1 aromatic carbocycles. The monoisotopic (exact) mass is 245 g/mol. The van der Waals surface area contributed by atoms with Gasteiger partial charge in [-0.25, -0.2) is 0 Å². The zero-order chi connectivity index (χ0) is 9.42. The van der Waals surface area contributed by atoms with Gasteiger partial charge in [-0.3, -0.25) is 0 Å². The summed E-state index contributed by atoms with van der Waals surface area (Å²) in [5.74, 6) is 1.27. The topological polar surface area (TPSA) is 64.7 Å². The molecule has 0 saturated carbocycles. The molecular formula is C8H8BrNO3. The van der Waals surface area contributed by atoms with Crippen LogP contribution in [0, 0.1) is 0 Å². The average molecular weight is 246 g/mol. The first kappa shape index (κ1) is 8.65. The lowest BCUT2D eigenvalue weighted by atomic mass is 10.2. The zero-order valence-corrected chi connectivity index (χ0v) is 8.30. The van der Waals surface area contributed by atoms with Crippen LogP contribution in [-0.2, 0) is 6.54 Å². The Morgan fingerprint density at radius 2 is 2.31 bits per heavy atom. The normalized spacial score (nSPS) is 13.4. The summed E-state index contributed by atoms with van der Waals surface area (Å²) in [4.78, 5) is 0. The second-order valence-corrected chi connectivity index (χ2v) is 3.43. The maximum absolute atomic E-state index is 9.60. The Morgan fingerprint density at radius 3 is 3.00 bits per heavy atom. The molecule has 0 spiro atoms. The van der Waals surface area contributed by atoms with Gasteiger partial charge in [-0.15, -0.1) is 0 Å². The smallest absolute Gasteiger partial charge is 0.231 e. The van der Waals surface area contributed by atoms with Crippen LogP contribution >= 0.6 is 15.9 Å². The first-order valence-electron chi connectivity index (χ1n) is 3.74. The van der Waals surface area contributed by atoms with Gasteiger partial charge in [0.25, 0.3) is 0 Å². The molecule has 1 aliphatic rings. The molecule has 13 heavy (non-hydrogen) atoms. The molecule has 4 nitrogen and oxygen atoms in total. The van der Waals surface area contributed by atoms with E-state index in [9.17, 15) is 5.11 Å². The molecule has 0 unspecified atom stereocenters. The molecule has 3 N–H and O–H groups in total. The average Bonchev–Trinajstić information content (AvgIpc) is 2.59. The lowest BCUT2D eigenvalue weighted by Gasteiger charge is -2.06. The Morgan fingerprint density at radius 1 is 1.54 bits per heavy atom. The van der Waals surface area contributed by atoms with E-state index in [1.54, 1.807) is 6.07 Å². The first-order valence-corrected chi connectivity index (χ1v) is 4.53. The first-order chi connectivity index (χ1) is 6.24. The molecule has 0 saturated heterocycles. The van der Waals surface area contributed by atoms with Crippen molar-refractivity contribution in [2.75, 3.05) is 6.79 Å². The fourth-order valence-corrected chi connectivity index (χ4v) is 1.76. The fraction of sp³-hybridized carbons (Fsp3) is 0.250. The molecule has 0 aromatic heterocycles. The standard InChI is InChI=1S/C8H8BrNO3/c9-6-7(11)4(2-10)1-5-8(6)13-3-12-5/h1,11H,2-3,10H2. The lowest BCUT2D eigenvalue weighted by molar-refractivity contribution is 0.173. The fourth-order valence-electron chi connectivity index (χ4n) is 1.20. The number of benzene rings is 1. The minimum absolute atomic E-state index is 0.117. The molecule has 0 aliphatic carbocycles. The van der Waals surface area contributed by atoms with E-state index in [1.165, 1.54) is 0 Å². The van der Waals surface area contributed by atoms with Gasteiger partial charge in [0.1, 0.15) is 10.2 Å². The Balaban J connectivity index is 2.61. The highest BCUT2D eigenvalue weighted by molar-refractivity contribution is 9.10. The zero-order valence-electron chi connectivity index (χ0n) is 6.71. The highest BCUT2D eigenvalue weighted by Crippen LogP contribution is 2.45. The number of hydrogen-bond acceptors (Lipinski definition) is 4. The van der Waals surface area contributed by atoms with Crippen molar-refractivity contribution in [2.45, 2.75) is 6.54 Å². The van der Waals surface area contributed by atoms with Crippen molar-refractivity contribution < 1.29 is 14.6 Å². The maximum Gasteiger partial charge on any atom is 0.231 e. The van der Waals surface area contributed by atoms with E-state index in [0.29, 0.717) is 21.5 Å². The van der Waals surface area contributed by atoms with Crippen molar-refractivity contribution in [1.82, 2.24) is 0 Å². The molecule has 5 heteroatoms. The van der Waals surface area contributed by atoms with E-state index in [2.05, 4.69) is 15.9 Å². The molecule has 1 aromatic rings. The lowest BCUT2D eigenvalue weighted by Crippen LogP contribution is -1.97. The number of aromatic hydroxyl groups is 1. The van der Waals surface area contributed by atoms with Crippen molar-refractivity contribution in [3.8, 4) is 17.2 Å². The van der Waals surface area contributed by atoms with E-state index in [0.717, 1.165) is 0 Å². The summed E-state index contributed by atoms with van der Waals surface area (Å²) in [6.07, 6.45) is 0. The summed E-state index contributed by atoms with van der Waals surface area (Å²) in [7, 11) is 0. The third-order valence-electron chi connectivity index (χ3n) is 1.88. The molecule has 0 amide bonds. The minimum atomic E-state index is 0.117. The van der Waals surface area contributed by atoms with Crippen LogP contribution in [0.3, 0.4) is 0 Å². The summed E-state index contributed by atoms with van der Waals surface area (Å²) in [5, 5.41) is 9.60. The highest BCUT2D eigenvalue weighted by atomic mass is 79.9. The summed E-state index contributed by atoms with van der Waals surface area (Å²) < 4.78 is 10.8.